The fourth-order valence-electron chi connectivity index (χ4n) is 3.49. The molecule has 1 unspecified atom stereocenters. The van der Waals surface area contributed by atoms with E-state index < -0.39 is 9.84 Å². The first-order valence-electron chi connectivity index (χ1n) is 12.0. The monoisotopic (exact) mass is 510 g/mol. The van der Waals surface area contributed by atoms with Gasteiger partial charge in [0.1, 0.15) is 17.3 Å². The van der Waals surface area contributed by atoms with E-state index >= 15 is 0 Å². The lowest BCUT2D eigenvalue weighted by Crippen LogP contribution is -2.26. The molecule has 8 heteroatoms. The molecule has 0 aliphatic heterocycles. The summed E-state index contributed by atoms with van der Waals surface area (Å²) in [5.41, 5.74) is 2.91. The minimum absolute atomic E-state index is 0.0857. The number of rotatable bonds is 10. The minimum Gasteiger partial charge on any atom is -0.489 e. The highest BCUT2D eigenvalue weighted by molar-refractivity contribution is 7.90. The number of allylic oxidation sites excluding steroid dienone is 1. The summed E-state index contributed by atoms with van der Waals surface area (Å²) >= 11 is 0. The number of sulfone groups is 1. The van der Waals surface area contributed by atoms with Crippen molar-refractivity contribution in [2.45, 2.75) is 45.1 Å². The molecular weight excluding hydrogens is 476 g/mol. The average molecular weight is 511 g/mol. The van der Waals surface area contributed by atoms with Crippen molar-refractivity contribution < 1.29 is 22.7 Å². The van der Waals surface area contributed by atoms with Gasteiger partial charge >= 0.3 is 0 Å². The van der Waals surface area contributed by atoms with Crippen LogP contribution in [-0.2, 0) is 14.6 Å². The van der Waals surface area contributed by atoms with E-state index in [1.54, 1.807) is 30.1 Å². The molecule has 0 bridgehead atoms. The number of hydrogen-bond acceptors (Lipinski definition) is 5. The van der Waals surface area contributed by atoms with E-state index in [1.807, 2.05) is 51.1 Å². The van der Waals surface area contributed by atoms with Gasteiger partial charge in [-0.2, -0.15) is 0 Å². The van der Waals surface area contributed by atoms with E-state index in [1.165, 1.54) is 12.1 Å². The van der Waals surface area contributed by atoms with Crippen LogP contribution < -0.4 is 4.74 Å². The number of nitrogens with zero attached hydrogens (tertiary/aromatic N) is 1. The Kier molecular flexibility index (Phi) is 8.63. The Morgan fingerprint density at radius 2 is 1.75 bits per heavy atom. The normalized spacial score (nSPS) is 12.8. The lowest BCUT2D eigenvalue weighted by molar-refractivity contribution is 0.0802. The highest BCUT2D eigenvalue weighted by atomic mass is 32.2. The van der Waals surface area contributed by atoms with Gasteiger partial charge in [-0.05, 0) is 87.9 Å². The smallest absolute Gasteiger partial charge is 0.253 e. The molecule has 1 amide bonds. The number of benzene rings is 2. The fraction of sp³-hybridized carbons (Fsp3) is 0.321. The molecule has 0 saturated heterocycles. The molecule has 0 saturated carbocycles. The van der Waals surface area contributed by atoms with Crippen LogP contribution in [-0.4, -0.2) is 50.2 Å². The Balaban J connectivity index is 1.99. The number of aromatic amines is 1. The van der Waals surface area contributed by atoms with Crippen LogP contribution in [0.5, 0.6) is 11.5 Å². The molecule has 1 heterocycles. The van der Waals surface area contributed by atoms with Crippen LogP contribution in [0.1, 0.15) is 50.2 Å². The van der Waals surface area contributed by atoms with Crippen molar-refractivity contribution in [2.75, 3.05) is 19.8 Å². The highest BCUT2D eigenvalue weighted by Gasteiger charge is 2.16. The zero-order chi connectivity index (χ0) is 26.5. The van der Waals surface area contributed by atoms with E-state index in [2.05, 4.69) is 11.9 Å². The van der Waals surface area contributed by atoms with Gasteiger partial charge in [-0.25, -0.2) is 8.42 Å². The molecule has 0 fully saturated rings. The molecule has 0 radical (unpaired) electrons. The summed E-state index contributed by atoms with van der Waals surface area (Å²) in [4.78, 5) is 18.2. The lowest BCUT2D eigenvalue weighted by Gasteiger charge is -2.17. The summed E-state index contributed by atoms with van der Waals surface area (Å²) in [6.07, 6.45) is 4.06. The zero-order valence-electron chi connectivity index (χ0n) is 21.7. The van der Waals surface area contributed by atoms with E-state index in [0.29, 0.717) is 23.6 Å². The van der Waals surface area contributed by atoms with E-state index in [9.17, 15) is 13.2 Å². The molecule has 0 spiro atoms. The minimum atomic E-state index is -3.31. The summed E-state index contributed by atoms with van der Waals surface area (Å²) < 4.78 is 35.6. The van der Waals surface area contributed by atoms with Gasteiger partial charge in [-0.15, -0.1) is 0 Å². The van der Waals surface area contributed by atoms with Crippen LogP contribution in [0.4, 0.5) is 0 Å². The Hall–Kier alpha value is -3.52. The van der Waals surface area contributed by atoms with Crippen molar-refractivity contribution in [2.24, 2.45) is 0 Å². The first kappa shape index (κ1) is 27.1. The van der Waals surface area contributed by atoms with Crippen LogP contribution in [0.2, 0.25) is 0 Å². The third-order valence-electron chi connectivity index (χ3n) is 5.89. The molecule has 36 heavy (non-hydrogen) atoms. The number of nitrogens with one attached hydrogen (secondary N) is 1. The first-order chi connectivity index (χ1) is 17.0. The van der Waals surface area contributed by atoms with Crippen LogP contribution in [0.25, 0.3) is 17.0 Å². The van der Waals surface area contributed by atoms with Gasteiger partial charge in [0, 0.05) is 36.7 Å². The molecular formula is C28H34N2O5S. The average Bonchev–Trinajstić information content (AvgIpc) is 3.36. The van der Waals surface area contributed by atoms with Crippen molar-refractivity contribution in [3.05, 3.63) is 71.9 Å². The van der Waals surface area contributed by atoms with E-state index in [0.717, 1.165) is 35.4 Å². The highest BCUT2D eigenvalue weighted by Crippen LogP contribution is 2.31. The van der Waals surface area contributed by atoms with Gasteiger partial charge in [-0.1, -0.05) is 6.92 Å². The quantitative estimate of drug-likeness (QED) is 0.331. The van der Waals surface area contributed by atoms with Gasteiger partial charge in [0.25, 0.3) is 5.91 Å². The second kappa shape index (κ2) is 11.5. The number of carbonyl (C=O) groups is 1. The Bertz CT molecular complexity index is 1340. The van der Waals surface area contributed by atoms with Crippen LogP contribution in [0.3, 0.4) is 0 Å². The molecule has 1 N–H and O–H groups in total. The molecule has 1 atom stereocenters. The maximum Gasteiger partial charge on any atom is 0.253 e. The summed E-state index contributed by atoms with van der Waals surface area (Å²) in [6.45, 7) is 8.51. The molecule has 3 rings (SSSR count). The fourth-order valence-corrected chi connectivity index (χ4v) is 4.12. The number of ether oxygens (including phenoxy) is 2. The molecule has 0 aliphatic carbocycles. The summed E-state index contributed by atoms with van der Waals surface area (Å²) in [5.74, 6) is 1.56. The van der Waals surface area contributed by atoms with Crippen LogP contribution in [0.15, 0.2) is 65.6 Å². The second-order valence-electron chi connectivity index (χ2n) is 8.69. The number of amides is 1. The lowest BCUT2D eigenvalue weighted by atomic mass is 10.1. The van der Waals surface area contributed by atoms with E-state index in [-0.39, 0.29) is 16.9 Å². The third-order valence-corrected chi connectivity index (χ3v) is 7.02. The number of carbonyl (C=O) groups excluding carboxylic acids is 1. The standard InChI is InChI=1S/C28H34N2O5S/c1-7-19(4)34-27(8-2)26-15-14-25(29-26)20-16-21(28(31)30(5)9-3)18-23(17-20)35-22-10-12-24(13-11-22)36(6,32)33/h8,10-19,29H,7,9H2,1-6H3/b27-8+. The number of H-pyrrole nitrogens is 1. The Morgan fingerprint density at radius 1 is 1.06 bits per heavy atom. The predicted octanol–water partition coefficient (Wildman–Crippen LogP) is 6.15. The molecule has 0 aliphatic rings. The van der Waals surface area contributed by atoms with Gasteiger partial charge in [0.05, 0.1) is 16.7 Å². The molecule has 2 aromatic carbocycles. The summed E-state index contributed by atoms with van der Waals surface area (Å²) in [6, 6.07) is 15.4. The molecule has 3 aromatic rings. The Morgan fingerprint density at radius 3 is 2.33 bits per heavy atom. The molecule has 1 aromatic heterocycles. The number of hydrogen-bond donors (Lipinski definition) is 1. The van der Waals surface area contributed by atoms with Crippen LogP contribution in [0, 0.1) is 0 Å². The topological polar surface area (TPSA) is 88.7 Å². The second-order valence-corrected chi connectivity index (χ2v) is 10.7. The maximum absolute atomic E-state index is 13.0. The van der Waals surface area contributed by atoms with Gasteiger partial charge in [0.15, 0.2) is 9.84 Å². The third kappa shape index (κ3) is 6.57. The van der Waals surface area contributed by atoms with Crippen LogP contribution >= 0.6 is 0 Å². The largest absolute Gasteiger partial charge is 0.489 e. The van der Waals surface area contributed by atoms with Gasteiger partial charge in [0.2, 0.25) is 0 Å². The summed E-state index contributed by atoms with van der Waals surface area (Å²) in [5, 5.41) is 0. The predicted molar refractivity (Wildman–Crippen MR) is 143 cm³/mol. The summed E-state index contributed by atoms with van der Waals surface area (Å²) in [7, 11) is -1.56. The number of aromatic nitrogens is 1. The zero-order valence-corrected chi connectivity index (χ0v) is 22.5. The van der Waals surface area contributed by atoms with Gasteiger partial charge < -0.3 is 19.4 Å². The SMILES string of the molecule is C/C=C(/OC(C)CC)c1ccc(-c2cc(Oc3ccc(S(C)(=O)=O)cc3)cc(C(=O)N(C)CC)c2)[nH]1. The van der Waals surface area contributed by atoms with Crippen molar-refractivity contribution in [1.82, 2.24) is 9.88 Å². The van der Waals surface area contributed by atoms with Crippen molar-refractivity contribution >= 4 is 21.5 Å². The first-order valence-corrected chi connectivity index (χ1v) is 13.9. The van der Waals surface area contributed by atoms with Crippen molar-refractivity contribution in [3.63, 3.8) is 0 Å². The Labute approximate surface area is 213 Å². The van der Waals surface area contributed by atoms with Crippen molar-refractivity contribution in [1.29, 1.82) is 0 Å². The molecule has 192 valence electrons. The van der Waals surface area contributed by atoms with E-state index in [4.69, 9.17) is 9.47 Å². The van der Waals surface area contributed by atoms with Crippen molar-refractivity contribution in [3.8, 4) is 22.8 Å². The molecule has 7 nitrogen and oxygen atoms in total. The van der Waals surface area contributed by atoms with Gasteiger partial charge in [-0.3, -0.25) is 4.79 Å². The maximum atomic E-state index is 13.0.